The van der Waals surface area contributed by atoms with Gasteiger partial charge in [-0.05, 0) is 48.4 Å². The summed E-state index contributed by atoms with van der Waals surface area (Å²) >= 11 is 11.7. The summed E-state index contributed by atoms with van der Waals surface area (Å²) in [5, 5.41) is 8.38. The lowest BCUT2D eigenvalue weighted by Crippen LogP contribution is -2.34. The van der Waals surface area contributed by atoms with E-state index < -0.39 is 6.03 Å². The van der Waals surface area contributed by atoms with Gasteiger partial charge in [0.2, 0.25) is 0 Å². The molecule has 4 aromatic rings. The number of hydrogen-bond donors (Lipinski definition) is 3. The van der Waals surface area contributed by atoms with Gasteiger partial charge in [0.1, 0.15) is 21.9 Å². The zero-order valence-corrected chi connectivity index (χ0v) is 18.9. The van der Waals surface area contributed by atoms with Gasteiger partial charge < -0.3 is 10.1 Å². The van der Waals surface area contributed by atoms with Crippen molar-refractivity contribution in [3.63, 3.8) is 0 Å². The van der Waals surface area contributed by atoms with E-state index in [9.17, 15) is 4.79 Å². The second-order valence-electron chi connectivity index (χ2n) is 6.90. The normalized spacial score (nSPS) is 10.8. The summed E-state index contributed by atoms with van der Waals surface area (Å²) in [7, 11) is 3.44. The van der Waals surface area contributed by atoms with Gasteiger partial charge in [-0.15, -0.1) is 0 Å². The number of fused-ring (bicyclic) bond motifs is 1. The first-order valence-corrected chi connectivity index (χ1v) is 10.2. The molecule has 4 rings (SSSR count). The van der Waals surface area contributed by atoms with E-state index in [-0.39, 0.29) is 10.3 Å². The molecule has 0 unspecified atom stereocenters. The maximum atomic E-state index is 12.3. The lowest BCUT2D eigenvalue weighted by molar-refractivity contribution is 0.254. The Hall–Kier alpha value is -3.56. The molecule has 0 aliphatic carbocycles. The van der Waals surface area contributed by atoms with E-state index in [0.29, 0.717) is 17.2 Å². The monoisotopic (exact) mass is 471 g/mol. The van der Waals surface area contributed by atoms with E-state index in [1.54, 1.807) is 11.8 Å². The largest absolute Gasteiger partial charge is 0.497 e. The second-order valence-corrected chi connectivity index (χ2v) is 7.67. The molecule has 0 aliphatic heterocycles. The highest BCUT2D eigenvalue weighted by Gasteiger charge is 2.15. The molecule has 0 fully saturated rings. The van der Waals surface area contributed by atoms with Crippen LogP contribution in [0, 0.1) is 6.92 Å². The number of carbonyl (C=O) groups is 1. The van der Waals surface area contributed by atoms with E-state index in [1.807, 2.05) is 44.3 Å². The minimum Gasteiger partial charge on any atom is -0.497 e. The number of halogens is 2. The SMILES string of the molecule is COc1ccc(-c2cc(NNC(=O)Nc3cc(Cl)nc(Cl)c3)nc3c2c(C)nn3C)cc1. The molecule has 0 bridgehead atoms. The summed E-state index contributed by atoms with van der Waals surface area (Å²) in [5.74, 6) is 1.20. The lowest BCUT2D eigenvalue weighted by Gasteiger charge is -2.12. The number of carbonyl (C=O) groups excluding carboxylic acids is 1. The Balaban J connectivity index is 1.61. The molecule has 3 heterocycles. The van der Waals surface area contributed by atoms with E-state index >= 15 is 0 Å². The van der Waals surface area contributed by atoms with Crippen LogP contribution in [0.15, 0.2) is 42.5 Å². The molecule has 0 spiro atoms. The average Bonchev–Trinajstić information content (AvgIpc) is 3.04. The number of rotatable bonds is 5. The number of nitrogens with zero attached hydrogens (tertiary/aromatic N) is 4. The molecule has 32 heavy (non-hydrogen) atoms. The number of aryl methyl sites for hydroxylation is 2. The Kier molecular flexibility index (Phi) is 6.02. The summed E-state index contributed by atoms with van der Waals surface area (Å²) in [5.41, 5.74) is 9.20. The van der Waals surface area contributed by atoms with Gasteiger partial charge in [0.15, 0.2) is 5.65 Å². The molecule has 0 saturated heterocycles. The number of anilines is 2. The third kappa shape index (κ3) is 4.53. The Morgan fingerprint density at radius 2 is 1.75 bits per heavy atom. The fourth-order valence-electron chi connectivity index (χ4n) is 3.33. The molecule has 3 aromatic heterocycles. The molecule has 11 heteroatoms. The van der Waals surface area contributed by atoms with Crippen molar-refractivity contribution < 1.29 is 9.53 Å². The summed E-state index contributed by atoms with van der Waals surface area (Å²) in [6.07, 6.45) is 0. The van der Waals surface area contributed by atoms with Crippen molar-refractivity contribution >= 4 is 51.8 Å². The van der Waals surface area contributed by atoms with Crippen LogP contribution in [0.1, 0.15) is 5.69 Å². The van der Waals surface area contributed by atoms with E-state index in [0.717, 1.165) is 28.0 Å². The number of nitrogens with one attached hydrogen (secondary N) is 3. The third-order valence-corrected chi connectivity index (χ3v) is 5.08. The summed E-state index contributed by atoms with van der Waals surface area (Å²) in [6.45, 7) is 1.93. The molecule has 1 aromatic carbocycles. The van der Waals surface area contributed by atoms with Crippen molar-refractivity contribution in [3.05, 3.63) is 58.5 Å². The standard InChI is InChI=1S/C21H19Cl2N7O2/c1-11-19-15(12-4-6-14(32-3)7-5-12)10-18(26-20(19)30(2)29-11)27-28-21(31)24-13-8-16(22)25-17(23)9-13/h4-10H,1-3H3,(H,26,27)(H2,24,25,28,31). The van der Waals surface area contributed by atoms with Gasteiger partial charge in [0.05, 0.1) is 12.8 Å². The number of urea groups is 1. The zero-order chi connectivity index (χ0) is 22.8. The van der Waals surface area contributed by atoms with Crippen LogP contribution in [0.4, 0.5) is 16.3 Å². The first-order valence-electron chi connectivity index (χ1n) is 9.49. The van der Waals surface area contributed by atoms with Gasteiger partial charge in [-0.25, -0.2) is 14.8 Å². The topological polar surface area (TPSA) is 106 Å². The van der Waals surface area contributed by atoms with Crippen molar-refractivity contribution in [2.24, 2.45) is 7.05 Å². The van der Waals surface area contributed by atoms with Crippen LogP contribution in [-0.4, -0.2) is 32.9 Å². The maximum Gasteiger partial charge on any atom is 0.337 e. The predicted octanol–water partition coefficient (Wildman–Crippen LogP) is 4.80. The number of pyridine rings is 2. The van der Waals surface area contributed by atoms with Crippen molar-refractivity contribution in [3.8, 4) is 16.9 Å². The van der Waals surface area contributed by atoms with Crippen LogP contribution < -0.4 is 20.9 Å². The smallest absolute Gasteiger partial charge is 0.337 e. The van der Waals surface area contributed by atoms with Crippen molar-refractivity contribution in [2.75, 3.05) is 17.9 Å². The second kappa shape index (κ2) is 8.89. The van der Waals surface area contributed by atoms with Gasteiger partial charge in [-0.1, -0.05) is 35.3 Å². The Bertz CT molecular complexity index is 1290. The van der Waals surface area contributed by atoms with Gasteiger partial charge >= 0.3 is 6.03 Å². The van der Waals surface area contributed by atoms with Crippen LogP contribution in [0.25, 0.3) is 22.2 Å². The van der Waals surface area contributed by atoms with Crippen LogP contribution in [-0.2, 0) is 7.05 Å². The quantitative estimate of drug-likeness (QED) is 0.285. The van der Waals surface area contributed by atoms with Crippen molar-refractivity contribution in [2.45, 2.75) is 6.92 Å². The number of hydrazine groups is 1. The highest BCUT2D eigenvalue weighted by Crippen LogP contribution is 2.33. The molecule has 0 atom stereocenters. The van der Waals surface area contributed by atoms with Gasteiger partial charge in [0, 0.05) is 18.1 Å². The molecule has 0 saturated carbocycles. The molecule has 0 radical (unpaired) electrons. The first kappa shape index (κ1) is 21.7. The molecule has 9 nitrogen and oxygen atoms in total. The minimum atomic E-state index is -0.530. The van der Waals surface area contributed by atoms with Crippen LogP contribution in [0.3, 0.4) is 0 Å². The summed E-state index contributed by atoms with van der Waals surface area (Å²) in [4.78, 5) is 20.8. The number of ether oxygens (including phenoxy) is 1. The van der Waals surface area contributed by atoms with Gasteiger partial charge in [-0.2, -0.15) is 5.10 Å². The number of hydrogen-bond acceptors (Lipinski definition) is 6. The highest BCUT2D eigenvalue weighted by atomic mass is 35.5. The molecule has 0 aliphatic rings. The lowest BCUT2D eigenvalue weighted by atomic mass is 10.0. The Morgan fingerprint density at radius 1 is 1.06 bits per heavy atom. The van der Waals surface area contributed by atoms with E-state index in [4.69, 9.17) is 27.9 Å². The number of amides is 2. The fraction of sp³-hybridized carbons (Fsp3) is 0.143. The van der Waals surface area contributed by atoms with E-state index in [2.05, 4.69) is 31.2 Å². The van der Waals surface area contributed by atoms with Crippen LogP contribution in [0.5, 0.6) is 5.75 Å². The third-order valence-electron chi connectivity index (χ3n) is 4.69. The average molecular weight is 472 g/mol. The van der Waals surface area contributed by atoms with E-state index in [1.165, 1.54) is 12.1 Å². The van der Waals surface area contributed by atoms with Crippen LogP contribution in [0.2, 0.25) is 10.3 Å². The predicted molar refractivity (Wildman–Crippen MR) is 125 cm³/mol. The zero-order valence-electron chi connectivity index (χ0n) is 17.4. The fourth-order valence-corrected chi connectivity index (χ4v) is 3.79. The molecular weight excluding hydrogens is 453 g/mol. The van der Waals surface area contributed by atoms with Gasteiger partial charge in [-0.3, -0.25) is 15.5 Å². The maximum absolute atomic E-state index is 12.3. The van der Waals surface area contributed by atoms with Crippen molar-refractivity contribution in [1.82, 2.24) is 25.2 Å². The van der Waals surface area contributed by atoms with Gasteiger partial charge in [0.25, 0.3) is 0 Å². The first-order chi connectivity index (χ1) is 15.3. The molecular formula is C21H19Cl2N7O2. The highest BCUT2D eigenvalue weighted by molar-refractivity contribution is 6.33. The molecule has 3 N–H and O–H groups in total. The number of benzene rings is 1. The molecule has 2 amide bonds. The summed E-state index contributed by atoms with van der Waals surface area (Å²) in [6, 6.07) is 12.0. The Morgan fingerprint density at radius 3 is 2.41 bits per heavy atom. The van der Waals surface area contributed by atoms with Crippen LogP contribution >= 0.6 is 23.2 Å². The number of methoxy groups -OCH3 is 1. The summed E-state index contributed by atoms with van der Waals surface area (Å²) < 4.78 is 6.95. The van der Waals surface area contributed by atoms with Crippen molar-refractivity contribution in [1.29, 1.82) is 0 Å². The molecule has 164 valence electrons. The number of aromatic nitrogens is 4. The minimum absolute atomic E-state index is 0.170. The Labute approximate surface area is 193 Å².